The first-order valence-corrected chi connectivity index (χ1v) is 6.30. The van der Waals surface area contributed by atoms with Crippen LogP contribution in [0.2, 0.25) is 0 Å². The van der Waals surface area contributed by atoms with Gasteiger partial charge in [-0.05, 0) is 24.6 Å². The van der Waals surface area contributed by atoms with Crippen molar-refractivity contribution in [1.82, 2.24) is 0 Å². The van der Waals surface area contributed by atoms with Crippen LogP contribution in [0, 0.1) is 0 Å². The van der Waals surface area contributed by atoms with Crippen LogP contribution in [0.5, 0.6) is 11.5 Å². The molecule has 0 saturated heterocycles. The normalized spacial score (nSPS) is 12.0. The van der Waals surface area contributed by atoms with Crippen LogP contribution in [0.4, 0.5) is 0 Å². The van der Waals surface area contributed by atoms with E-state index in [4.69, 9.17) is 18.6 Å². The second kappa shape index (κ2) is 5.87. The topological polar surface area (TPSA) is 75.0 Å². The van der Waals surface area contributed by atoms with Crippen molar-refractivity contribution in [3.63, 3.8) is 0 Å². The molecule has 0 aliphatic carbocycles. The van der Waals surface area contributed by atoms with Gasteiger partial charge in [-0.3, -0.25) is 4.79 Å². The Labute approximate surface area is 121 Å². The molecule has 6 heteroatoms. The van der Waals surface area contributed by atoms with Gasteiger partial charge in [0.15, 0.2) is 11.3 Å². The SMILES string of the molecule is COC(=O)C(C)c1cc(=O)oc2c(OC)c(OC)ccc12. The van der Waals surface area contributed by atoms with E-state index in [0.717, 1.165) is 0 Å². The molecule has 1 heterocycles. The Morgan fingerprint density at radius 1 is 1.19 bits per heavy atom. The number of carbonyl (C=O) groups excluding carboxylic acids is 1. The van der Waals surface area contributed by atoms with Crippen molar-refractivity contribution in [2.75, 3.05) is 21.3 Å². The lowest BCUT2D eigenvalue weighted by Crippen LogP contribution is -2.14. The number of hydrogen-bond acceptors (Lipinski definition) is 6. The van der Waals surface area contributed by atoms with Crippen molar-refractivity contribution in [2.24, 2.45) is 0 Å². The first kappa shape index (κ1) is 14.9. The number of carbonyl (C=O) groups is 1. The highest BCUT2D eigenvalue weighted by Gasteiger charge is 2.22. The third kappa shape index (κ3) is 2.56. The molecule has 1 unspecified atom stereocenters. The van der Waals surface area contributed by atoms with Crippen LogP contribution < -0.4 is 15.1 Å². The van der Waals surface area contributed by atoms with E-state index in [9.17, 15) is 9.59 Å². The number of fused-ring (bicyclic) bond motifs is 1. The largest absolute Gasteiger partial charge is 0.493 e. The fourth-order valence-corrected chi connectivity index (χ4v) is 2.22. The van der Waals surface area contributed by atoms with E-state index < -0.39 is 17.5 Å². The fraction of sp³-hybridized carbons (Fsp3) is 0.333. The molecule has 1 aromatic carbocycles. The van der Waals surface area contributed by atoms with Gasteiger partial charge in [0.1, 0.15) is 0 Å². The summed E-state index contributed by atoms with van der Waals surface area (Å²) in [6.45, 7) is 1.66. The highest BCUT2D eigenvalue weighted by Crippen LogP contribution is 2.37. The van der Waals surface area contributed by atoms with Crippen LogP contribution in [0.3, 0.4) is 0 Å². The standard InChI is InChI=1S/C15H16O6/c1-8(15(17)20-4)10-7-12(16)21-13-9(10)5-6-11(18-2)14(13)19-3/h5-8H,1-4H3. The van der Waals surface area contributed by atoms with Gasteiger partial charge in [-0.15, -0.1) is 0 Å². The zero-order chi connectivity index (χ0) is 15.6. The Morgan fingerprint density at radius 3 is 2.48 bits per heavy atom. The maximum atomic E-state index is 11.8. The molecule has 0 aliphatic rings. The Kier molecular flexibility index (Phi) is 4.16. The van der Waals surface area contributed by atoms with Crippen LogP contribution >= 0.6 is 0 Å². The molecular formula is C15H16O6. The summed E-state index contributed by atoms with van der Waals surface area (Å²) in [5, 5.41) is 0.602. The average Bonchev–Trinajstić information content (AvgIpc) is 2.51. The highest BCUT2D eigenvalue weighted by atomic mass is 16.5. The highest BCUT2D eigenvalue weighted by molar-refractivity contribution is 5.92. The second-order valence-corrected chi connectivity index (χ2v) is 4.44. The van der Waals surface area contributed by atoms with Gasteiger partial charge in [-0.25, -0.2) is 4.79 Å². The van der Waals surface area contributed by atoms with Crippen molar-refractivity contribution in [3.05, 3.63) is 34.2 Å². The number of hydrogen-bond donors (Lipinski definition) is 0. The molecule has 0 radical (unpaired) electrons. The molecule has 2 rings (SSSR count). The van der Waals surface area contributed by atoms with Crippen molar-refractivity contribution >= 4 is 16.9 Å². The van der Waals surface area contributed by atoms with Crippen LogP contribution in [-0.2, 0) is 9.53 Å². The zero-order valence-corrected chi connectivity index (χ0v) is 12.3. The molecule has 21 heavy (non-hydrogen) atoms. The number of methoxy groups -OCH3 is 3. The summed E-state index contributed by atoms with van der Waals surface area (Å²) < 4.78 is 20.4. The van der Waals surface area contributed by atoms with E-state index in [1.54, 1.807) is 19.1 Å². The maximum absolute atomic E-state index is 11.8. The van der Waals surface area contributed by atoms with Gasteiger partial charge in [0.25, 0.3) is 0 Å². The second-order valence-electron chi connectivity index (χ2n) is 4.44. The van der Waals surface area contributed by atoms with Gasteiger partial charge in [-0.1, -0.05) is 0 Å². The van der Waals surface area contributed by atoms with E-state index in [-0.39, 0.29) is 5.58 Å². The van der Waals surface area contributed by atoms with E-state index in [2.05, 4.69) is 0 Å². The Hall–Kier alpha value is -2.50. The van der Waals surface area contributed by atoms with Gasteiger partial charge in [0, 0.05) is 11.5 Å². The maximum Gasteiger partial charge on any atom is 0.336 e. The van der Waals surface area contributed by atoms with Crippen LogP contribution in [-0.4, -0.2) is 27.3 Å². The minimum atomic E-state index is -0.597. The van der Waals surface area contributed by atoms with Crippen molar-refractivity contribution in [2.45, 2.75) is 12.8 Å². The molecular weight excluding hydrogens is 276 g/mol. The quantitative estimate of drug-likeness (QED) is 0.634. The summed E-state index contributed by atoms with van der Waals surface area (Å²) >= 11 is 0. The van der Waals surface area contributed by atoms with Crippen LogP contribution in [0.25, 0.3) is 11.0 Å². The molecule has 0 saturated carbocycles. The summed E-state index contributed by atoms with van der Waals surface area (Å²) in [6.07, 6.45) is 0. The third-order valence-electron chi connectivity index (χ3n) is 3.31. The lowest BCUT2D eigenvalue weighted by molar-refractivity contribution is -0.141. The molecule has 112 valence electrons. The molecule has 0 spiro atoms. The molecule has 0 bridgehead atoms. The first-order valence-electron chi connectivity index (χ1n) is 6.30. The lowest BCUT2D eigenvalue weighted by Gasteiger charge is -2.14. The molecule has 0 N–H and O–H groups in total. The fourth-order valence-electron chi connectivity index (χ4n) is 2.22. The molecule has 2 aromatic rings. The summed E-state index contributed by atoms with van der Waals surface area (Å²) in [4.78, 5) is 23.5. The predicted octanol–water partition coefficient (Wildman–Crippen LogP) is 2.09. The molecule has 1 atom stereocenters. The molecule has 6 nitrogen and oxygen atoms in total. The molecule has 0 fully saturated rings. The van der Waals surface area contributed by atoms with Gasteiger partial charge in [0.2, 0.25) is 5.75 Å². The third-order valence-corrected chi connectivity index (χ3v) is 3.31. The Balaban J connectivity index is 2.79. The predicted molar refractivity (Wildman–Crippen MR) is 76.0 cm³/mol. The Morgan fingerprint density at radius 2 is 1.90 bits per heavy atom. The van der Waals surface area contributed by atoms with E-state index >= 15 is 0 Å². The van der Waals surface area contributed by atoms with Gasteiger partial charge in [0.05, 0.1) is 27.2 Å². The number of esters is 1. The molecule has 0 aliphatic heterocycles. The lowest BCUT2D eigenvalue weighted by atomic mass is 9.97. The number of benzene rings is 1. The summed E-state index contributed by atoms with van der Waals surface area (Å²) in [5.41, 5.74) is 0.198. The van der Waals surface area contributed by atoms with E-state index in [0.29, 0.717) is 22.4 Å². The summed E-state index contributed by atoms with van der Waals surface area (Å²) in [7, 11) is 4.24. The summed E-state index contributed by atoms with van der Waals surface area (Å²) in [6, 6.07) is 4.69. The van der Waals surface area contributed by atoms with Gasteiger partial charge < -0.3 is 18.6 Å². The smallest absolute Gasteiger partial charge is 0.336 e. The number of rotatable bonds is 4. The zero-order valence-electron chi connectivity index (χ0n) is 12.3. The van der Waals surface area contributed by atoms with Gasteiger partial charge in [-0.2, -0.15) is 0 Å². The first-order chi connectivity index (χ1) is 10.0. The number of ether oxygens (including phenoxy) is 3. The average molecular weight is 292 g/mol. The summed E-state index contributed by atoms with van der Waals surface area (Å²) in [5.74, 6) is -0.279. The van der Waals surface area contributed by atoms with E-state index in [1.807, 2.05) is 0 Å². The van der Waals surface area contributed by atoms with E-state index in [1.165, 1.54) is 27.4 Å². The minimum absolute atomic E-state index is 0.245. The van der Waals surface area contributed by atoms with Crippen molar-refractivity contribution < 1.29 is 23.4 Å². The molecule has 1 aromatic heterocycles. The van der Waals surface area contributed by atoms with Gasteiger partial charge >= 0.3 is 11.6 Å². The van der Waals surface area contributed by atoms with Crippen molar-refractivity contribution in [3.8, 4) is 11.5 Å². The van der Waals surface area contributed by atoms with Crippen molar-refractivity contribution in [1.29, 1.82) is 0 Å². The monoisotopic (exact) mass is 292 g/mol. The molecule has 0 amide bonds. The van der Waals surface area contributed by atoms with Crippen LogP contribution in [0.15, 0.2) is 27.4 Å². The minimum Gasteiger partial charge on any atom is -0.493 e. The Bertz CT molecular complexity index is 731. The van der Waals surface area contributed by atoms with Crippen LogP contribution in [0.1, 0.15) is 18.4 Å².